The Labute approximate surface area is 211 Å². The lowest BCUT2D eigenvalue weighted by Crippen LogP contribution is -2.33. The third kappa shape index (κ3) is 6.21. The van der Waals surface area contributed by atoms with Gasteiger partial charge in [0.15, 0.2) is 0 Å². The van der Waals surface area contributed by atoms with Crippen molar-refractivity contribution in [2.75, 3.05) is 6.61 Å². The Balaban J connectivity index is 1.47. The Morgan fingerprint density at radius 3 is 2.19 bits per heavy atom. The second-order valence-electron chi connectivity index (χ2n) is 10.1. The molecule has 0 amide bonds. The maximum absolute atomic E-state index is 14.9. The lowest BCUT2D eigenvalue weighted by Gasteiger charge is -2.42. The van der Waals surface area contributed by atoms with E-state index in [2.05, 4.69) is 11.8 Å². The number of hydrogen-bond acceptors (Lipinski definition) is 1. The molecule has 4 unspecified atom stereocenters. The molecule has 2 saturated carbocycles. The summed E-state index contributed by atoms with van der Waals surface area (Å²) in [6.07, 6.45) is 10.9. The summed E-state index contributed by atoms with van der Waals surface area (Å²) in [6, 6.07) is 5.00. The second kappa shape index (κ2) is 12.1. The minimum atomic E-state index is -0.733. The summed E-state index contributed by atoms with van der Waals surface area (Å²) in [5, 5.41) is 0. The van der Waals surface area contributed by atoms with Gasteiger partial charge >= 0.3 is 0 Å². The summed E-state index contributed by atoms with van der Waals surface area (Å²) < 4.78 is 64.4. The van der Waals surface area contributed by atoms with E-state index in [0.29, 0.717) is 29.9 Å². The normalized spacial score (nSPS) is 23.8. The molecule has 0 radical (unpaired) electrons. The van der Waals surface area contributed by atoms with Crippen molar-refractivity contribution in [2.24, 2.45) is 11.8 Å². The van der Waals surface area contributed by atoms with E-state index in [-0.39, 0.29) is 29.0 Å². The van der Waals surface area contributed by atoms with Crippen molar-refractivity contribution in [2.45, 2.75) is 77.2 Å². The fourth-order valence-corrected chi connectivity index (χ4v) is 5.93. The molecule has 2 aliphatic rings. The Morgan fingerprint density at radius 2 is 1.53 bits per heavy atom. The first-order valence-electron chi connectivity index (χ1n) is 13.1. The Hall–Kier alpha value is -2.58. The monoisotopic (exact) mass is 498 g/mol. The van der Waals surface area contributed by atoms with Crippen molar-refractivity contribution in [3.8, 4) is 11.8 Å². The molecule has 192 valence electrons. The van der Waals surface area contributed by atoms with Gasteiger partial charge < -0.3 is 4.74 Å². The van der Waals surface area contributed by atoms with Crippen molar-refractivity contribution in [3.63, 3.8) is 0 Å². The van der Waals surface area contributed by atoms with Crippen LogP contribution in [0.15, 0.2) is 36.4 Å². The zero-order valence-corrected chi connectivity index (χ0v) is 21.1. The topological polar surface area (TPSA) is 9.23 Å². The van der Waals surface area contributed by atoms with Gasteiger partial charge in [0.2, 0.25) is 0 Å². The molecule has 4 rings (SSSR count). The van der Waals surface area contributed by atoms with Crippen LogP contribution in [0.4, 0.5) is 17.6 Å². The average Bonchev–Trinajstić information content (AvgIpc) is 2.85. The van der Waals surface area contributed by atoms with Crippen LogP contribution in [-0.2, 0) is 11.2 Å². The van der Waals surface area contributed by atoms with E-state index < -0.39 is 23.3 Å². The van der Waals surface area contributed by atoms with E-state index in [1.807, 2.05) is 26.0 Å². The van der Waals surface area contributed by atoms with Crippen LogP contribution in [0.5, 0.6) is 0 Å². The zero-order chi connectivity index (χ0) is 25.7. The highest BCUT2D eigenvalue weighted by Crippen LogP contribution is 2.47. The predicted molar refractivity (Wildman–Crippen MR) is 135 cm³/mol. The highest BCUT2D eigenvalue weighted by Gasteiger charge is 2.36. The second-order valence-corrected chi connectivity index (χ2v) is 10.1. The Morgan fingerprint density at radius 1 is 0.861 bits per heavy atom. The summed E-state index contributed by atoms with van der Waals surface area (Å²) in [5.41, 5.74) is 0.330. The third-order valence-electron chi connectivity index (χ3n) is 7.77. The number of ether oxygens (including phenoxy) is 1. The van der Waals surface area contributed by atoms with Crippen molar-refractivity contribution in [3.05, 3.63) is 81.9 Å². The van der Waals surface area contributed by atoms with Gasteiger partial charge in [-0.15, -0.1) is 0 Å². The molecule has 2 aromatic carbocycles. The van der Waals surface area contributed by atoms with E-state index in [1.54, 1.807) is 0 Å². The minimum absolute atomic E-state index is 0.0125. The van der Waals surface area contributed by atoms with Gasteiger partial charge in [-0.1, -0.05) is 24.0 Å². The molecule has 36 heavy (non-hydrogen) atoms. The molecule has 4 atom stereocenters. The predicted octanol–water partition coefficient (Wildman–Crippen LogP) is 8.24. The molecular weight excluding hydrogens is 464 g/mol. The van der Waals surface area contributed by atoms with Crippen molar-refractivity contribution >= 4 is 0 Å². The molecule has 0 heterocycles. The average molecular weight is 499 g/mol. The van der Waals surface area contributed by atoms with Gasteiger partial charge in [-0.2, -0.15) is 0 Å². The van der Waals surface area contributed by atoms with Crippen LogP contribution in [0.1, 0.15) is 87.0 Å². The first-order chi connectivity index (χ1) is 17.4. The van der Waals surface area contributed by atoms with Crippen LogP contribution in [0.2, 0.25) is 0 Å². The molecule has 0 N–H and O–H groups in total. The fourth-order valence-electron chi connectivity index (χ4n) is 5.93. The van der Waals surface area contributed by atoms with Crippen LogP contribution in [0.25, 0.3) is 0 Å². The minimum Gasteiger partial charge on any atom is -0.378 e. The highest BCUT2D eigenvalue weighted by atomic mass is 19.1. The van der Waals surface area contributed by atoms with Crippen LogP contribution < -0.4 is 0 Å². The summed E-state index contributed by atoms with van der Waals surface area (Å²) >= 11 is 0. The van der Waals surface area contributed by atoms with Crippen LogP contribution in [0, 0.1) is 46.9 Å². The number of benzene rings is 2. The molecule has 0 aromatic heterocycles. The Bertz CT molecular complexity index is 1110. The van der Waals surface area contributed by atoms with E-state index in [1.165, 1.54) is 12.1 Å². The van der Waals surface area contributed by atoms with E-state index in [0.717, 1.165) is 57.3 Å². The van der Waals surface area contributed by atoms with Crippen LogP contribution >= 0.6 is 0 Å². The van der Waals surface area contributed by atoms with Gasteiger partial charge in [0, 0.05) is 17.7 Å². The summed E-state index contributed by atoms with van der Waals surface area (Å²) in [4.78, 5) is 0. The summed E-state index contributed by atoms with van der Waals surface area (Å²) in [6.45, 7) is 4.61. The fraction of sp³-hybridized carbons (Fsp3) is 0.484. The number of fused-ring (bicyclic) bond motifs is 1. The molecule has 5 heteroatoms. The number of rotatable bonds is 6. The van der Waals surface area contributed by atoms with Gasteiger partial charge in [0.25, 0.3) is 0 Å². The SMILES string of the molecule is C/C=C/CCc1c(F)cc(C#Cc2c(F)cc(C3CCC4CC(OCC)CCC4C3)cc2F)cc1F. The summed E-state index contributed by atoms with van der Waals surface area (Å²) in [5.74, 6) is 3.44. The molecule has 1 nitrogen and oxygen atoms in total. The molecule has 0 saturated heterocycles. The van der Waals surface area contributed by atoms with Gasteiger partial charge in [-0.25, -0.2) is 17.6 Å². The van der Waals surface area contributed by atoms with Gasteiger partial charge in [0.1, 0.15) is 23.3 Å². The lowest BCUT2D eigenvalue weighted by molar-refractivity contribution is -0.00957. The van der Waals surface area contributed by atoms with Crippen molar-refractivity contribution < 1.29 is 22.3 Å². The number of allylic oxidation sites excluding steroid dienone is 2. The largest absolute Gasteiger partial charge is 0.378 e. The quantitative estimate of drug-likeness (QED) is 0.221. The van der Waals surface area contributed by atoms with E-state index >= 15 is 0 Å². The highest BCUT2D eigenvalue weighted by molar-refractivity contribution is 5.46. The molecular formula is C31H34F4O. The zero-order valence-electron chi connectivity index (χ0n) is 21.1. The van der Waals surface area contributed by atoms with Crippen LogP contribution in [-0.4, -0.2) is 12.7 Å². The lowest BCUT2D eigenvalue weighted by atomic mass is 9.65. The first kappa shape index (κ1) is 26.5. The molecule has 2 fully saturated rings. The molecule has 2 aliphatic carbocycles. The molecule has 0 spiro atoms. The number of halogens is 4. The smallest absolute Gasteiger partial charge is 0.142 e. The maximum atomic E-state index is 14.9. The van der Waals surface area contributed by atoms with E-state index in [4.69, 9.17) is 4.74 Å². The van der Waals surface area contributed by atoms with Crippen molar-refractivity contribution in [1.82, 2.24) is 0 Å². The molecule has 0 bridgehead atoms. The Kier molecular flexibility index (Phi) is 8.90. The molecule has 2 aromatic rings. The maximum Gasteiger partial charge on any atom is 0.142 e. The third-order valence-corrected chi connectivity index (χ3v) is 7.77. The number of hydrogen-bond donors (Lipinski definition) is 0. The van der Waals surface area contributed by atoms with Crippen LogP contribution in [0.3, 0.4) is 0 Å². The van der Waals surface area contributed by atoms with E-state index in [9.17, 15) is 17.6 Å². The summed E-state index contributed by atoms with van der Waals surface area (Å²) in [7, 11) is 0. The first-order valence-corrected chi connectivity index (χ1v) is 13.1. The molecule has 0 aliphatic heterocycles. The van der Waals surface area contributed by atoms with Gasteiger partial charge in [-0.3, -0.25) is 0 Å². The standard InChI is InChI=1S/C31H34F4O/c1-3-5-6-7-26-28(32)14-20(15-29(26)33)8-13-27-30(34)18-24(19-31(27)35)22-9-10-23-17-25(36-4-2)12-11-21(23)16-22/h3,5,14-15,18-19,21-23,25H,4,6-7,9-12,16-17H2,1-2H3/b5-3+. The van der Waals surface area contributed by atoms with Gasteiger partial charge in [-0.05, 0) is 113 Å². The van der Waals surface area contributed by atoms with Gasteiger partial charge in [0.05, 0.1) is 11.7 Å². The van der Waals surface area contributed by atoms with Crippen molar-refractivity contribution in [1.29, 1.82) is 0 Å².